The minimum absolute atomic E-state index is 0.136. The highest BCUT2D eigenvalue weighted by atomic mass is 32.1. The number of aromatic nitrogens is 1. The van der Waals surface area contributed by atoms with Gasteiger partial charge in [0.25, 0.3) is 0 Å². The third-order valence-electron chi connectivity index (χ3n) is 4.73. The van der Waals surface area contributed by atoms with Gasteiger partial charge in [0.1, 0.15) is 0 Å². The van der Waals surface area contributed by atoms with E-state index in [4.69, 9.17) is 18.0 Å². The van der Waals surface area contributed by atoms with Crippen LogP contribution in [0.25, 0.3) is 33.3 Å². The SMILES string of the molecule is Cc1ccccc1-c1cccc2[nH]c(-c3ccccc3)c(/C=N/NC(N)=S)c12. The standard InChI is InChI=1S/C23H20N4S/c1-15-8-5-6-11-17(15)18-12-7-13-20-21(18)19(14-25-27-23(24)28)22(26-20)16-9-3-2-4-10-16/h2-14,26H,1H3,(H3,24,27,28)/b25-14+. The van der Waals surface area contributed by atoms with Crippen molar-refractivity contribution in [2.24, 2.45) is 10.8 Å². The fourth-order valence-electron chi connectivity index (χ4n) is 3.50. The summed E-state index contributed by atoms with van der Waals surface area (Å²) in [5.41, 5.74) is 15.9. The Morgan fingerprint density at radius 2 is 1.68 bits per heavy atom. The smallest absolute Gasteiger partial charge is 0.184 e. The first-order valence-corrected chi connectivity index (χ1v) is 9.40. The van der Waals surface area contributed by atoms with Gasteiger partial charge in [0.2, 0.25) is 0 Å². The summed E-state index contributed by atoms with van der Waals surface area (Å²) in [4.78, 5) is 3.57. The monoisotopic (exact) mass is 384 g/mol. The summed E-state index contributed by atoms with van der Waals surface area (Å²) in [6.07, 6.45) is 1.78. The zero-order valence-corrected chi connectivity index (χ0v) is 16.3. The molecule has 0 unspecified atom stereocenters. The first-order valence-electron chi connectivity index (χ1n) is 9.00. The molecule has 3 aromatic carbocycles. The summed E-state index contributed by atoms with van der Waals surface area (Å²) in [7, 11) is 0. The number of H-pyrrole nitrogens is 1. The zero-order chi connectivity index (χ0) is 19.5. The summed E-state index contributed by atoms with van der Waals surface area (Å²) in [6.45, 7) is 2.13. The van der Waals surface area contributed by atoms with Crippen LogP contribution >= 0.6 is 12.2 Å². The first-order chi connectivity index (χ1) is 13.6. The van der Waals surface area contributed by atoms with Crippen molar-refractivity contribution in [2.75, 3.05) is 0 Å². The van der Waals surface area contributed by atoms with Crippen molar-refractivity contribution < 1.29 is 0 Å². The highest BCUT2D eigenvalue weighted by Gasteiger charge is 2.16. The maximum Gasteiger partial charge on any atom is 0.184 e. The average Bonchev–Trinajstić information content (AvgIpc) is 3.08. The fourth-order valence-corrected chi connectivity index (χ4v) is 3.55. The second kappa shape index (κ2) is 7.66. The van der Waals surface area contributed by atoms with Gasteiger partial charge in [-0.25, -0.2) is 0 Å². The molecule has 0 amide bonds. The number of hydrogen-bond acceptors (Lipinski definition) is 2. The highest BCUT2D eigenvalue weighted by Crippen LogP contribution is 2.37. The lowest BCUT2D eigenvalue weighted by Crippen LogP contribution is -2.24. The number of hydrogen-bond donors (Lipinski definition) is 3. The quantitative estimate of drug-likeness (QED) is 0.264. The van der Waals surface area contributed by atoms with Crippen molar-refractivity contribution in [2.45, 2.75) is 6.92 Å². The molecule has 4 N–H and O–H groups in total. The lowest BCUT2D eigenvalue weighted by atomic mass is 9.95. The molecule has 4 rings (SSSR count). The second-order valence-electron chi connectivity index (χ2n) is 6.56. The molecule has 4 nitrogen and oxygen atoms in total. The number of hydrazone groups is 1. The van der Waals surface area contributed by atoms with Crippen LogP contribution < -0.4 is 11.2 Å². The van der Waals surface area contributed by atoms with E-state index >= 15 is 0 Å². The molecule has 0 bridgehead atoms. The summed E-state index contributed by atoms with van der Waals surface area (Å²) in [5.74, 6) is 0. The summed E-state index contributed by atoms with van der Waals surface area (Å²) < 4.78 is 0. The minimum atomic E-state index is 0.136. The lowest BCUT2D eigenvalue weighted by molar-refractivity contribution is 1.04. The maximum atomic E-state index is 5.53. The van der Waals surface area contributed by atoms with E-state index in [1.165, 1.54) is 11.1 Å². The van der Waals surface area contributed by atoms with Gasteiger partial charge in [0.15, 0.2) is 5.11 Å². The van der Waals surface area contributed by atoms with Crippen LogP contribution in [0.2, 0.25) is 0 Å². The predicted octanol–water partition coefficient (Wildman–Crippen LogP) is 4.98. The summed E-state index contributed by atoms with van der Waals surface area (Å²) in [5, 5.41) is 5.50. The first kappa shape index (κ1) is 17.9. The van der Waals surface area contributed by atoms with Gasteiger partial charge in [-0.05, 0) is 47.5 Å². The Morgan fingerprint density at radius 1 is 0.964 bits per heavy atom. The largest absolute Gasteiger partial charge is 0.375 e. The molecule has 0 fully saturated rings. The van der Waals surface area contributed by atoms with Crippen molar-refractivity contribution in [1.29, 1.82) is 0 Å². The predicted molar refractivity (Wildman–Crippen MR) is 121 cm³/mol. The molecule has 28 heavy (non-hydrogen) atoms. The summed E-state index contributed by atoms with van der Waals surface area (Å²) >= 11 is 4.88. The Morgan fingerprint density at radius 3 is 2.43 bits per heavy atom. The normalized spacial score (nSPS) is 11.2. The minimum Gasteiger partial charge on any atom is -0.375 e. The zero-order valence-electron chi connectivity index (χ0n) is 15.4. The second-order valence-corrected chi connectivity index (χ2v) is 7.00. The fraction of sp³-hybridized carbons (Fsp3) is 0.0435. The molecule has 138 valence electrons. The molecule has 0 atom stereocenters. The molecule has 0 saturated heterocycles. The van der Waals surface area contributed by atoms with E-state index < -0.39 is 0 Å². The van der Waals surface area contributed by atoms with Crippen LogP contribution in [0.4, 0.5) is 0 Å². The van der Waals surface area contributed by atoms with E-state index in [0.29, 0.717) is 0 Å². The third-order valence-corrected chi connectivity index (χ3v) is 4.82. The van der Waals surface area contributed by atoms with Gasteiger partial charge in [0.05, 0.1) is 11.9 Å². The Balaban J connectivity index is 2.01. The van der Waals surface area contributed by atoms with Gasteiger partial charge in [0, 0.05) is 16.5 Å². The van der Waals surface area contributed by atoms with E-state index in [0.717, 1.165) is 33.3 Å². The van der Waals surface area contributed by atoms with Crippen molar-refractivity contribution in [3.05, 3.63) is 83.9 Å². The number of rotatable bonds is 4. The number of aromatic amines is 1. The number of benzene rings is 3. The highest BCUT2D eigenvalue weighted by molar-refractivity contribution is 7.80. The van der Waals surface area contributed by atoms with Crippen molar-refractivity contribution >= 4 is 34.4 Å². The van der Waals surface area contributed by atoms with E-state index in [1.54, 1.807) is 6.21 Å². The molecule has 4 aromatic rings. The molecule has 0 spiro atoms. The number of aryl methyl sites for hydroxylation is 1. The Kier molecular flexibility index (Phi) is 4.91. The van der Waals surface area contributed by atoms with Crippen molar-refractivity contribution in [3.8, 4) is 22.4 Å². The van der Waals surface area contributed by atoms with E-state index in [-0.39, 0.29) is 5.11 Å². The van der Waals surface area contributed by atoms with E-state index in [1.807, 2.05) is 18.2 Å². The van der Waals surface area contributed by atoms with Crippen LogP contribution in [0.3, 0.4) is 0 Å². The topological polar surface area (TPSA) is 66.2 Å². The number of fused-ring (bicyclic) bond motifs is 1. The molecule has 0 aliphatic rings. The number of nitrogens with one attached hydrogen (secondary N) is 2. The van der Waals surface area contributed by atoms with Gasteiger partial charge in [-0.1, -0.05) is 66.7 Å². The molecular formula is C23H20N4S. The number of nitrogens with two attached hydrogens (primary N) is 1. The number of thiocarbonyl (C=S) groups is 1. The third kappa shape index (κ3) is 3.40. The van der Waals surface area contributed by atoms with Crippen LogP contribution in [0, 0.1) is 6.92 Å². The molecule has 0 aliphatic heterocycles. The van der Waals surface area contributed by atoms with Crippen molar-refractivity contribution in [3.63, 3.8) is 0 Å². The summed E-state index contributed by atoms with van der Waals surface area (Å²) in [6, 6.07) is 24.9. The Bertz CT molecular complexity index is 1180. The van der Waals surface area contributed by atoms with Gasteiger partial charge in [-0.3, -0.25) is 5.43 Å². The molecule has 0 radical (unpaired) electrons. The molecule has 0 saturated carbocycles. The van der Waals surface area contributed by atoms with Gasteiger partial charge < -0.3 is 10.7 Å². The Labute approximate surface area is 169 Å². The van der Waals surface area contributed by atoms with Crippen LogP contribution in [-0.2, 0) is 0 Å². The average molecular weight is 385 g/mol. The molecule has 5 heteroatoms. The van der Waals surface area contributed by atoms with E-state index in [9.17, 15) is 0 Å². The molecule has 1 aromatic heterocycles. The van der Waals surface area contributed by atoms with E-state index in [2.05, 4.69) is 77.0 Å². The Hall–Kier alpha value is -3.44. The van der Waals surface area contributed by atoms with Crippen LogP contribution in [0.15, 0.2) is 77.9 Å². The maximum absolute atomic E-state index is 5.53. The molecule has 0 aliphatic carbocycles. The van der Waals surface area contributed by atoms with Crippen LogP contribution in [0.1, 0.15) is 11.1 Å². The van der Waals surface area contributed by atoms with Crippen LogP contribution in [0.5, 0.6) is 0 Å². The molecule has 1 heterocycles. The van der Waals surface area contributed by atoms with Gasteiger partial charge in [-0.15, -0.1) is 0 Å². The number of nitrogens with zero attached hydrogens (tertiary/aromatic N) is 1. The lowest BCUT2D eigenvalue weighted by Gasteiger charge is -2.09. The van der Waals surface area contributed by atoms with Crippen LogP contribution in [-0.4, -0.2) is 16.3 Å². The molecular weight excluding hydrogens is 364 g/mol. The van der Waals surface area contributed by atoms with Gasteiger partial charge in [-0.2, -0.15) is 5.10 Å². The van der Waals surface area contributed by atoms with Crippen molar-refractivity contribution in [1.82, 2.24) is 10.4 Å². The van der Waals surface area contributed by atoms with Gasteiger partial charge >= 0.3 is 0 Å².